The smallest absolute Gasteiger partial charge is 0.322 e. The molecule has 0 aliphatic rings. The topological polar surface area (TPSA) is 94.2 Å². The Labute approximate surface area is 184 Å². The third-order valence-electron chi connectivity index (χ3n) is 4.37. The van der Waals surface area contributed by atoms with Gasteiger partial charge in [0.1, 0.15) is 5.75 Å². The average Bonchev–Trinajstić information content (AvgIpc) is 2.73. The van der Waals surface area contributed by atoms with Crippen molar-refractivity contribution in [2.75, 3.05) is 31.8 Å². The zero-order chi connectivity index (χ0) is 23.0. The summed E-state index contributed by atoms with van der Waals surface area (Å²) < 4.78 is 39.4. The molecule has 0 fully saturated rings. The minimum atomic E-state index is -3.72. The zero-order valence-electron chi connectivity index (χ0n) is 18.5. The van der Waals surface area contributed by atoms with E-state index in [0.29, 0.717) is 29.3 Å². The summed E-state index contributed by atoms with van der Waals surface area (Å²) in [6.07, 6.45) is 0. The van der Waals surface area contributed by atoms with Gasteiger partial charge in [0.05, 0.1) is 20.0 Å². The standard InChI is InChI=1S/C22H30N2O6S/c1-6-31(26,27)30-21-12-17(10-11-20(21)29-5)15-24(14-16(2)3)22(25)23-18-8-7-9-19(13-18)28-4/h7-13,16H,6,14-15H2,1-5H3,(H,23,25). The molecule has 0 aromatic heterocycles. The van der Waals surface area contributed by atoms with E-state index in [1.165, 1.54) is 14.0 Å². The summed E-state index contributed by atoms with van der Waals surface area (Å²) in [7, 11) is -0.717. The van der Waals surface area contributed by atoms with Crippen LogP contribution in [0.3, 0.4) is 0 Å². The van der Waals surface area contributed by atoms with Gasteiger partial charge in [0.25, 0.3) is 0 Å². The lowest BCUT2D eigenvalue weighted by Crippen LogP contribution is -2.37. The number of ether oxygens (including phenoxy) is 2. The number of nitrogens with zero attached hydrogens (tertiary/aromatic N) is 1. The molecule has 0 atom stereocenters. The molecule has 0 saturated carbocycles. The number of hydrogen-bond acceptors (Lipinski definition) is 6. The summed E-state index contributed by atoms with van der Waals surface area (Å²) >= 11 is 0. The SMILES string of the molecule is CCS(=O)(=O)Oc1cc(CN(CC(C)C)C(=O)Nc2cccc(OC)c2)ccc1OC. The van der Waals surface area contributed by atoms with Crippen molar-refractivity contribution in [3.05, 3.63) is 48.0 Å². The molecule has 2 aromatic carbocycles. The van der Waals surface area contributed by atoms with Gasteiger partial charge in [-0.05, 0) is 42.7 Å². The summed E-state index contributed by atoms with van der Waals surface area (Å²) in [5.74, 6) is 1.10. The second-order valence-electron chi connectivity index (χ2n) is 7.35. The number of carbonyl (C=O) groups excluding carboxylic acids is 1. The molecule has 0 heterocycles. The van der Waals surface area contributed by atoms with Crippen molar-refractivity contribution in [1.82, 2.24) is 4.90 Å². The Morgan fingerprint density at radius 2 is 1.81 bits per heavy atom. The normalized spacial score (nSPS) is 11.2. The van der Waals surface area contributed by atoms with E-state index in [-0.39, 0.29) is 30.0 Å². The first-order chi connectivity index (χ1) is 14.7. The molecule has 0 spiro atoms. The number of carbonyl (C=O) groups is 1. The monoisotopic (exact) mass is 450 g/mol. The van der Waals surface area contributed by atoms with E-state index in [1.807, 2.05) is 13.8 Å². The van der Waals surface area contributed by atoms with E-state index in [1.54, 1.807) is 54.5 Å². The third-order valence-corrected chi connectivity index (χ3v) is 5.51. The maximum absolute atomic E-state index is 13.0. The summed E-state index contributed by atoms with van der Waals surface area (Å²) in [4.78, 5) is 14.6. The Kier molecular flexibility index (Phi) is 8.56. The van der Waals surface area contributed by atoms with Gasteiger partial charge in [-0.2, -0.15) is 8.42 Å². The van der Waals surface area contributed by atoms with Crippen LogP contribution in [0.4, 0.5) is 10.5 Å². The van der Waals surface area contributed by atoms with Gasteiger partial charge in [-0.3, -0.25) is 0 Å². The molecule has 0 bridgehead atoms. The summed E-state index contributed by atoms with van der Waals surface area (Å²) in [6, 6.07) is 11.8. The Morgan fingerprint density at radius 1 is 1.06 bits per heavy atom. The minimum absolute atomic E-state index is 0.0968. The van der Waals surface area contributed by atoms with Gasteiger partial charge in [0.15, 0.2) is 11.5 Å². The molecule has 1 N–H and O–H groups in total. The highest BCUT2D eigenvalue weighted by Gasteiger charge is 2.19. The van der Waals surface area contributed by atoms with E-state index in [2.05, 4.69) is 5.32 Å². The quantitative estimate of drug-likeness (QED) is 0.547. The number of urea groups is 1. The third kappa shape index (κ3) is 7.36. The van der Waals surface area contributed by atoms with Crippen LogP contribution in [-0.4, -0.2) is 45.9 Å². The fourth-order valence-electron chi connectivity index (χ4n) is 2.86. The van der Waals surface area contributed by atoms with Crippen molar-refractivity contribution in [3.8, 4) is 17.2 Å². The van der Waals surface area contributed by atoms with Gasteiger partial charge in [-0.25, -0.2) is 4.79 Å². The van der Waals surface area contributed by atoms with Crippen LogP contribution in [0.15, 0.2) is 42.5 Å². The summed E-state index contributed by atoms with van der Waals surface area (Å²) in [5, 5.41) is 2.88. The van der Waals surface area contributed by atoms with Crippen LogP contribution in [-0.2, 0) is 16.7 Å². The van der Waals surface area contributed by atoms with Gasteiger partial charge < -0.3 is 23.9 Å². The fraction of sp³-hybridized carbons (Fsp3) is 0.409. The molecule has 0 aliphatic carbocycles. The molecule has 0 radical (unpaired) electrons. The number of anilines is 1. The Hall–Kier alpha value is -2.94. The highest BCUT2D eigenvalue weighted by molar-refractivity contribution is 7.87. The maximum atomic E-state index is 13.0. The molecular formula is C22H30N2O6S. The lowest BCUT2D eigenvalue weighted by Gasteiger charge is -2.25. The first-order valence-electron chi connectivity index (χ1n) is 9.96. The Balaban J connectivity index is 2.25. The first kappa shape index (κ1) is 24.3. The number of benzene rings is 2. The van der Waals surface area contributed by atoms with Crippen molar-refractivity contribution >= 4 is 21.8 Å². The van der Waals surface area contributed by atoms with Crippen LogP contribution >= 0.6 is 0 Å². The number of amides is 2. The first-order valence-corrected chi connectivity index (χ1v) is 11.5. The molecule has 9 heteroatoms. The van der Waals surface area contributed by atoms with Gasteiger partial charge in [-0.15, -0.1) is 0 Å². The minimum Gasteiger partial charge on any atom is -0.497 e. The summed E-state index contributed by atoms with van der Waals surface area (Å²) in [5.41, 5.74) is 1.33. The number of nitrogens with one attached hydrogen (secondary N) is 1. The number of hydrogen-bond donors (Lipinski definition) is 1. The van der Waals surface area contributed by atoms with E-state index >= 15 is 0 Å². The van der Waals surface area contributed by atoms with E-state index in [9.17, 15) is 13.2 Å². The molecular weight excluding hydrogens is 420 g/mol. The predicted molar refractivity (Wildman–Crippen MR) is 120 cm³/mol. The molecule has 0 saturated heterocycles. The van der Waals surface area contributed by atoms with Crippen LogP contribution < -0.4 is 19.0 Å². The van der Waals surface area contributed by atoms with Crippen LogP contribution in [0.5, 0.6) is 17.2 Å². The van der Waals surface area contributed by atoms with E-state index in [0.717, 1.165) is 0 Å². The Bertz CT molecular complexity index is 991. The van der Waals surface area contributed by atoms with Gasteiger partial charge >= 0.3 is 16.1 Å². The second kappa shape index (κ2) is 10.9. The molecule has 0 unspecified atom stereocenters. The predicted octanol–water partition coefficient (Wildman–Crippen LogP) is 4.12. The highest BCUT2D eigenvalue weighted by atomic mass is 32.2. The number of rotatable bonds is 10. The van der Waals surface area contributed by atoms with Crippen LogP contribution in [0.1, 0.15) is 26.3 Å². The highest BCUT2D eigenvalue weighted by Crippen LogP contribution is 2.30. The molecule has 2 aromatic rings. The maximum Gasteiger partial charge on any atom is 0.322 e. The van der Waals surface area contributed by atoms with Gasteiger partial charge in [0.2, 0.25) is 0 Å². The lowest BCUT2D eigenvalue weighted by atomic mass is 10.1. The second-order valence-corrected chi connectivity index (χ2v) is 9.21. The van der Waals surface area contributed by atoms with Crippen LogP contribution in [0, 0.1) is 5.92 Å². The largest absolute Gasteiger partial charge is 0.497 e. The van der Waals surface area contributed by atoms with Crippen molar-refractivity contribution in [3.63, 3.8) is 0 Å². The number of methoxy groups -OCH3 is 2. The molecule has 0 aliphatic heterocycles. The van der Waals surface area contributed by atoms with Crippen molar-refractivity contribution in [1.29, 1.82) is 0 Å². The molecule has 8 nitrogen and oxygen atoms in total. The molecule has 31 heavy (non-hydrogen) atoms. The van der Waals surface area contributed by atoms with Crippen LogP contribution in [0.2, 0.25) is 0 Å². The van der Waals surface area contributed by atoms with Gasteiger partial charge in [0, 0.05) is 24.8 Å². The lowest BCUT2D eigenvalue weighted by molar-refractivity contribution is 0.201. The van der Waals surface area contributed by atoms with E-state index < -0.39 is 10.1 Å². The average molecular weight is 451 g/mol. The zero-order valence-corrected chi connectivity index (χ0v) is 19.4. The molecule has 170 valence electrons. The summed E-state index contributed by atoms with van der Waals surface area (Å²) in [6.45, 7) is 6.30. The van der Waals surface area contributed by atoms with Crippen molar-refractivity contribution in [2.45, 2.75) is 27.3 Å². The van der Waals surface area contributed by atoms with Gasteiger partial charge in [-0.1, -0.05) is 26.0 Å². The van der Waals surface area contributed by atoms with Crippen LogP contribution in [0.25, 0.3) is 0 Å². The van der Waals surface area contributed by atoms with E-state index in [4.69, 9.17) is 13.7 Å². The van der Waals surface area contributed by atoms with Crippen molar-refractivity contribution in [2.24, 2.45) is 5.92 Å². The Morgan fingerprint density at radius 3 is 2.42 bits per heavy atom. The fourth-order valence-corrected chi connectivity index (χ4v) is 3.39. The molecule has 2 amide bonds. The molecule has 2 rings (SSSR count). The van der Waals surface area contributed by atoms with Crippen molar-refractivity contribution < 1.29 is 26.9 Å².